The predicted molar refractivity (Wildman–Crippen MR) is 64.6 cm³/mol. The molecule has 2 N–H and O–H groups in total. The van der Waals surface area contributed by atoms with Crippen LogP contribution < -0.4 is 10.6 Å². The lowest BCUT2D eigenvalue weighted by atomic mass is 10.1. The zero-order valence-electron chi connectivity index (χ0n) is 11.4. The number of aromatic nitrogens is 2. The molecule has 0 fully saturated rings. The number of alkyl halides is 3. The van der Waals surface area contributed by atoms with E-state index in [0.717, 1.165) is 0 Å². The minimum absolute atomic E-state index is 0.00228. The lowest BCUT2D eigenvalue weighted by Gasteiger charge is -2.18. The molecular formula is C11H19F3N4O. The van der Waals surface area contributed by atoms with Crippen molar-refractivity contribution in [2.75, 3.05) is 5.32 Å². The van der Waals surface area contributed by atoms with Gasteiger partial charge in [0.1, 0.15) is 0 Å². The summed E-state index contributed by atoms with van der Waals surface area (Å²) in [7, 11) is 0. The third-order valence-electron chi connectivity index (χ3n) is 2.14. The molecule has 0 saturated carbocycles. The molecule has 0 saturated heterocycles. The van der Waals surface area contributed by atoms with E-state index in [0.29, 0.717) is 12.4 Å². The second kappa shape index (κ2) is 5.77. The van der Waals surface area contributed by atoms with Crippen LogP contribution in [0, 0.1) is 0 Å². The number of nitrogens with one attached hydrogen (secondary N) is 2. The average Bonchev–Trinajstić information content (AvgIpc) is 2.58. The molecule has 1 atom stereocenters. The molecule has 0 aliphatic rings. The summed E-state index contributed by atoms with van der Waals surface area (Å²) >= 11 is 0. The quantitative estimate of drug-likeness (QED) is 0.868. The molecule has 110 valence electrons. The molecule has 1 unspecified atom stereocenters. The summed E-state index contributed by atoms with van der Waals surface area (Å²) in [6, 6.07) is -0.814. The maximum atomic E-state index is 12.1. The largest absolute Gasteiger partial charge is 0.407 e. The van der Waals surface area contributed by atoms with Crippen LogP contribution >= 0.6 is 0 Å². The van der Waals surface area contributed by atoms with Gasteiger partial charge >= 0.3 is 12.2 Å². The van der Waals surface area contributed by atoms with Crippen molar-refractivity contribution >= 4 is 6.01 Å². The number of rotatable bonds is 5. The van der Waals surface area contributed by atoms with E-state index in [1.54, 1.807) is 0 Å². The number of hydrogen-bond donors (Lipinski definition) is 2. The Kier molecular flexibility index (Phi) is 4.78. The minimum Gasteiger partial charge on any atom is -0.407 e. The van der Waals surface area contributed by atoms with Crippen molar-refractivity contribution in [1.82, 2.24) is 15.5 Å². The Morgan fingerprint density at radius 3 is 2.37 bits per heavy atom. The second-order valence-corrected chi connectivity index (χ2v) is 5.47. The van der Waals surface area contributed by atoms with Crippen molar-refractivity contribution in [2.24, 2.45) is 0 Å². The summed E-state index contributed by atoms with van der Waals surface area (Å²) in [6.45, 7) is 7.71. The molecule has 19 heavy (non-hydrogen) atoms. The van der Waals surface area contributed by atoms with Crippen LogP contribution in [-0.4, -0.2) is 28.0 Å². The maximum absolute atomic E-state index is 12.1. The van der Waals surface area contributed by atoms with Crippen LogP contribution in [0.15, 0.2) is 4.42 Å². The molecule has 1 rings (SSSR count). The third-order valence-corrected chi connectivity index (χ3v) is 2.14. The summed E-state index contributed by atoms with van der Waals surface area (Å²) in [5.41, 5.74) is -0.106. The van der Waals surface area contributed by atoms with Crippen molar-refractivity contribution < 1.29 is 17.6 Å². The second-order valence-electron chi connectivity index (χ2n) is 5.47. The van der Waals surface area contributed by atoms with Gasteiger partial charge in [-0.25, -0.2) is 0 Å². The van der Waals surface area contributed by atoms with Gasteiger partial charge in [0.15, 0.2) is 0 Å². The van der Waals surface area contributed by atoms with E-state index >= 15 is 0 Å². The Morgan fingerprint density at radius 2 is 1.84 bits per heavy atom. The Labute approximate surface area is 110 Å². The lowest BCUT2D eigenvalue weighted by molar-refractivity contribution is -0.136. The van der Waals surface area contributed by atoms with E-state index in [1.807, 2.05) is 20.8 Å². The third kappa shape index (κ3) is 7.00. The van der Waals surface area contributed by atoms with Crippen molar-refractivity contribution in [3.8, 4) is 0 Å². The Balaban J connectivity index is 2.46. The number of nitrogens with zero attached hydrogens (tertiary/aromatic N) is 2. The fraction of sp³-hybridized carbons (Fsp3) is 0.818. The fourth-order valence-corrected chi connectivity index (χ4v) is 1.33. The number of halogens is 3. The molecule has 8 heteroatoms. The van der Waals surface area contributed by atoms with Crippen LogP contribution in [0.5, 0.6) is 0 Å². The van der Waals surface area contributed by atoms with E-state index in [1.165, 1.54) is 6.92 Å². The normalized spacial score (nSPS) is 14.5. The van der Waals surface area contributed by atoms with Crippen molar-refractivity contribution in [2.45, 2.75) is 58.4 Å². The van der Waals surface area contributed by atoms with Crippen LogP contribution in [0.4, 0.5) is 19.2 Å². The molecule has 1 heterocycles. The highest BCUT2D eigenvalue weighted by Gasteiger charge is 2.30. The van der Waals surface area contributed by atoms with E-state index < -0.39 is 18.6 Å². The van der Waals surface area contributed by atoms with Crippen LogP contribution in [0.1, 0.15) is 40.0 Å². The van der Waals surface area contributed by atoms with Gasteiger partial charge in [-0.05, 0) is 27.7 Å². The summed E-state index contributed by atoms with van der Waals surface area (Å²) in [6.07, 6.45) is -5.17. The van der Waals surface area contributed by atoms with E-state index in [2.05, 4.69) is 20.8 Å². The van der Waals surface area contributed by atoms with Gasteiger partial charge in [-0.3, -0.25) is 0 Å². The highest BCUT2D eigenvalue weighted by Crippen LogP contribution is 2.22. The smallest absolute Gasteiger partial charge is 0.391 e. The summed E-state index contributed by atoms with van der Waals surface area (Å²) < 4.78 is 41.6. The Morgan fingerprint density at radius 1 is 1.21 bits per heavy atom. The van der Waals surface area contributed by atoms with Gasteiger partial charge in [0, 0.05) is 11.6 Å². The number of anilines is 1. The first kappa shape index (κ1) is 15.7. The molecule has 0 aliphatic heterocycles. The topological polar surface area (TPSA) is 63.0 Å². The molecule has 0 amide bonds. The molecule has 0 spiro atoms. The summed E-state index contributed by atoms with van der Waals surface area (Å²) in [5.74, 6) is 0.330. The van der Waals surface area contributed by atoms with Gasteiger partial charge < -0.3 is 15.1 Å². The van der Waals surface area contributed by atoms with Crippen molar-refractivity contribution in [3.05, 3.63) is 5.89 Å². The molecule has 1 aromatic heterocycles. The molecule has 5 nitrogen and oxygen atoms in total. The predicted octanol–water partition coefficient (Wildman–Crippen LogP) is 2.71. The fourth-order valence-electron chi connectivity index (χ4n) is 1.33. The molecular weight excluding hydrogens is 261 g/mol. The Bertz CT molecular complexity index is 397. The first-order valence-corrected chi connectivity index (χ1v) is 5.96. The summed E-state index contributed by atoms with van der Waals surface area (Å²) in [4.78, 5) is 0. The van der Waals surface area contributed by atoms with Gasteiger partial charge in [0.25, 0.3) is 0 Å². The SMILES string of the molecule is CC(CC(F)(F)F)Nc1nnc(CNC(C)(C)C)o1. The monoisotopic (exact) mass is 280 g/mol. The van der Waals surface area contributed by atoms with Crippen molar-refractivity contribution in [1.29, 1.82) is 0 Å². The van der Waals surface area contributed by atoms with E-state index in [9.17, 15) is 13.2 Å². The van der Waals surface area contributed by atoms with Gasteiger partial charge in [0.2, 0.25) is 5.89 Å². The van der Waals surface area contributed by atoms with E-state index in [-0.39, 0.29) is 11.6 Å². The molecule has 1 aromatic rings. The highest BCUT2D eigenvalue weighted by molar-refractivity contribution is 5.18. The van der Waals surface area contributed by atoms with Gasteiger partial charge in [-0.2, -0.15) is 13.2 Å². The minimum atomic E-state index is -4.22. The molecule has 0 aliphatic carbocycles. The Hall–Kier alpha value is -1.31. The van der Waals surface area contributed by atoms with Gasteiger partial charge in [-0.15, -0.1) is 5.10 Å². The standard InChI is InChI=1S/C11H19F3N4O/c1-7(5-11(12,13)14)16-9-18-17-8(19-9)6-15-10(2,3)4/h7,15H,5-6H2,1-4H3,(H,16,18). The lowest BCUT2D eigenvalue weighted by Crippen LogP contribution is -2.35. The molecule has 0 bridgehead atoms. The van der Waals surface area contributed by atoms with Crippen LogP contribution in [0.2, 0.25) is 0 Å². The average molecular weight is 280 g/mol. The molecule has 0 aromatic carbocycles. The van der Waals surface area contributed by atoms with Crippen LogP contribution in [-0.2, 0) is 6.54 Å². The maximum Gasteiger partial charge on any atom is 0.391 e. The zero-order chi connectivity index (χ0) is 14.7. The highest BCUT2D eigenvalue weighted by atomic mass is 19.4. The van der Waals surface area contributed by atoms with Gasteiger partial charge in [-0.1, -0.05) is 5.10 Å². The first-order chi connectivity index (χ1) is 8.55. The molecule has 0 radical (unpaired) electrons. The van der Waals surface area contributed by atoms with E-state index in [4.69, 9.17) is 4.42 Å². The number of hydrogen-bond acceptors (Lipinski definition) is 5. The first-order valence-electron chi connectivity index (χ1n) is 5.96. The van der Waals surface area contributed by atoms with Crippen LogP contribution in [0.25, 0.3) is 0 Å². The summed E-state index contributed by atoms with van der Waals surface area (Å²) in [5, 5.41) is 13.1. The van der Waals surface area contributed by atoms with Crippen LogP contribution in [0.3, 0.4) is 0 Å². The zero-order valence-corrected chi connectivity index (χ0v) is 11.4. The van der Waals surface area contributed by atoms with Crippen molar-refractivity contribution in [3.63, 3.8) is 0 Å². The van der Waals surface area contributed by atoms with Gasteiger partial charge in [0.05, 0.1) is 13.0 Å².